The zero-order valence-electron chi connectivity index (χ0n) is 18.3. The van der Waals surface area contributed by atoms with Crippen molar-refractivity contribution in [2.45, 2.75) is 39.7 Å². The maximum Gasteiger partial charge on any atom is 0.256 e. The molecule has 1 aromatic heterocycles. The molecule has 1 saturated heterocycles. The molecule has 1 unspecified atom stereocenters. The van der Waals surface area contributed by atoms with E-state index in [9.17, 15) is 4.79 Å². The predicted octanol–water partition coefficient (Wildman–Crippen LogP) is 7.09. The zero-order chi connectivity index (χ0) is 22.0. The minimum absolute atomic E-state index is 0.0692. The van der Waals surface area contributed by atoms with Gasteiger partial charge in [-0.3, -0.25) is 9.69 Å². The van der Waals surface area contributed by atoms with Crippen LogP contribution in [0.25, 0.3) is 0 Å². The van der Waals surface area contributed by atoms with E-state index < -0.39 is 0 Å². The fourth-order valence-electron chi connectivity index (χ4n) is 4.35. The molecule has 3 aromatic rings. The lowest BCUT2D eigenvalue weighted by atomic mass is 9.91. The number of anilines is 1. The smallest absolute Gasteiger partial charge is 0.256 e. The first kappa shape index (κ1) is 22.1. The van der Waals surface area contributed by atoms with Gasteiger partial charge in [0.1, 0.15) is 5.00 Å². The molecule has 2 aromatic carbocycles. The predicted molar refractivity (Wildman–Crippen MR) is 131 cm³/mol. The number of thiophene rings is 1. The lowest BCUT2D eigenvalue weighted by Crippen LogP contribution is -2.37. The normalized spacial score (nSPS) is 16.3. The van der Waals surface area contributed by atoms with Crippen LogP contribution in [0.5, 0.6) is 0 Å². The van der Waals surface area contributed by atoms with Gasteiger partial charge in [-0.05, 0) is 81.1 Å². The van der Waals surface area contributed by atoms with E-state index in [4.69, 9.17) is 11.6 Å². The van der Waals surface area contributed by atoms with E-state index >= 15 is 0 Å². The van der Waals surface area contributed by atoms with Crippen LogP contribution in [-0.2, 0) is 0 Å². The van der Waals surface area contributed by atoms with E-state index in [1.54, 1.807) is 11.3 Å². The molecule has 1 aliphatic rings. The Kier molecular flexibility index (Phi) is 6.80. The van der Waals surface area contributed by atoms with Crippen molar-refractivity contribution in [1.29, 1.82) is 0 Å². The standard InChI is InChI=1S/C26H29ClN2OS/c1-17-12-14-29(15-13-17)24(21-10-7-11-22(27)16-21)23-18(2)19(3)31-26(23)28-25(30)20-8-5-4-6-9-20/h4-11,16-17,24H,12-15H2,1-3H3,(H,28,30). The van der Waals surface area contributed by atoms with Gasteiger partial charge in [0.15, 0.2) is 0 Å². The van der Waals surface area contributed by atoms with Gasteiger partial charge >= 0.3 is 0 Å². The third kappa shape index (κ3) is 4.87. The molecular weight excluding hydrogens is 424 g/mol. The summed E-state index contributed by atoms with van der Waals surface area (Å²) in [6.07, 6.45) is 2.37. The summed E-state index contributed by atoms with van der Waals surface area (Å²) in [6, 6.07) is 17.7. The van der Waals surface area contributed by atoms with Gasteiger partial charge in [-0.2, -0.15) is 0 Å². The molecule has 0 aliphatic carbocycles. The Bertz CT molecular complexity index is 1050. The molecule has 1 N–H and O–H groups in total. The number of nitrogens with one attached hydrogen (secondary N) is 1. The van der Waals surface area contributed by atoms with Crippen molar-refractivity contribution in [3.63, 3.8) is 0 Å². The number of hydrogen-bond acceptors (Lipinski definition) is 3. The number of hydrogen-bond donors (Lipinski definition) is 1. The van der Waals surface area contributed by atoms with Gasteiger partial charge < -0.3 is 5.32 Å². The topological polar surface area (TPSA) is 32.3 Å². The van der Waals surface area contributed by atoms with E-state index in [0.717, 1.165) is 29.0 Å². The summed E-state index contributed by atoms with van der Waals surface area (Å²) in [5, 5.41) is 4.90. The Labute approximate surface area is 194 Å². The van der Waals surface area contributed by atoms with Crippen molar-refractivity contribution in [1.82, 2.24) is 4.90 Å². The molecule has 0 radical (unpaired) electrons. The van der Waals surface area contributed by atoms with Gasteiger partial charge in [0.2, 0.25) is 0 Å². The number of rotatable bonds is 5. The average molecular weight is 453 g/mol. The van der Waals surface area contributed by atoms with Crippen molar-refractivity contribution in [3.05, 3.63) is 86.8 Å². The second-order valence-electron chi connectivity index (χ2n) is 8.52. The van der Waals surface area contributed by atoms with Crippen LogP contribution in [0.15, 0.2) is 54.6 Å². The van der Waals surface area contributed by atoms with Gasteiger partial charge in [-0.25, -0.2) is 0 Å². The van der Waals surface area contributed by atoms with Gasteiger partial charge in [-0.1, -0.05) is 48.9 Å². The van der Waals surface area contributed by atoms with Crippen LogP contribution in [0.2, 0.25) is 5.02 Å². The summed E-state index contributed by atoms with van der Waals surface area (Å²) in [6.45, 7) is 8.72. The maximum absolute atomic E-state index is 13.0. The summed E-state index contributed by atoms with van der Waals surface area (Å²) in [4.78, 5) is 16.8. The molecule has 1 atom stereocenters. The highest BCUT2D eigenvalue weighted by molar-refractivity contribution is 7.16. The van der Waals surface area contributed by atoms with Crippen LogP contribution >= 0.6 is 22.9 Å². The highest BCUT2D eigenvalue weighted by atomic mass is 35.5. The number of nitrogens with zero attached hydrogens (tertiary/aromatic N) is 1. The molecule has 0 spiro atoms. The fourth-order valence-corrected chi connectivity index (χ4v) is 5.64. The third-order valence-electron chi connectivity index (χ3n) is 6.32. The summed E-state index contributed by atoms with van der Waals surface area (Å²) in [7, 11) is 0. The summed E-state index contributed by atoms with van der Waals surface area (Å²) in [5.41, 5.74) is 4.29. The Morgan fingerprint density at radius 3 is 2.48 bits per heavy atom. The zero-order valence-corrected chi connectivity index (χ0v) is 19.9. The Balaban J connectivity index is 1.76. The van der Waals surface area contributed by atoms with Crippen molar-refractivity contribution < 1.29 is 4.79 Å². The monoisotopic (exact) mass is 452 g/mol. The number of aryl methyl sites for hydroxylation is 1. The lowest BCUT2D eigenvalue weighted by molar-refractivity contribution is 0.102. The van der Waals surface area contributed by atoms with Crippen LogP contribution in [0.1, 0.15) is 57.7 Å². The van der Waals surface area contributed by atoms with Gasteiger partial charge in [-0.15, -0.1) is 11.3 Å². The van der Waals surface area contributed by atoms with Crippen molar-refractivity contribution in [2.24, 2.45) is 5.92 Å². The van der Waals surface area contributed by atoms with Crippen molar-refractivity contribution in [2.75, 3.05) is 18.4 Å². The summed E-state index contributed by atoms with van der Waals surface area (Å²) in [5.74, 6) is 0.680. The Morgan fingerprint density at radius 2 is 1.81 bits per heavy atom. The molecule has 162 valence electrons. The molecule has 0 bridgehead atoms. The van der Waals surface area contributed by atoms with Crippen LogP contribution in [-0.4, -0.2) is 23.9 Å². The van der Waals surface area contributed by atoms with Crippen LogP contribution in [0, 0.1) is 19.8 Å². The number of amides is 1. The lowest BCUT2D eigenvalue weighted by Gasteiger charge is -2.38. The number of halogens is 1. The molecule has 31 heavy (non-hydrogen) atoms. The number of likely N-dealkylation sites (tertiary alicyclic amines) is 1. The van der Waals surface area contributed by atoms with Gasteiger partial charge in [0, 0.05) is 21.0 Å². The summed E-state index contributed by atoms with van der Waals surface area (Å²) >= 11 is 8.07. The SMILES string of the molecule is Cc1sc(NC(=O)c2ccccc2)c(C(c2cccc(Cl)c2)N2CCC(C)CC2)c1C. The van der Waals surface area contributed by atoms with Crippen LogP contribution in [0.3, 0.4) is 0 Å². The molecule has 1 fully saturated rings. The van der Waals surface area contributed by atoms with Gasteiger partial charge in [0.25, 0.3) is 5.91 Å². The largest absolute Gasteiger partial charge is 0.313 e. The quantitative estimate of drug-likeness (QED) is 0.448. The van der Waals surface area contributed by atoms with E-state index in [-0.39, 0.29) is 11.9 Å². The second-order valence-corrected chi connectivity index (χ2v) is 10.2. The van der Waals surface area contributed by atoms with Crippen molar-refractivity contribution in [3.8, 4) is 0 Å². The second kappa shape index (κ2) is 9.56. The minimum Gasteiger partial charge on any atom is -0.313 e. The molecule has 1 aliphatic heterocycles. The molecule has 2 heterocycles. The first-order valence-electron chi connectivity index (χ1n) is 10.9. The van der Waals surface area contributed by atoms with Crippen LogP contribution in [0.4, 0.5) is 5.00 Å². The van der Waals surface area contributed by atoms with E-state index in [0.29, 0.717) is 5.56 Å². The number of carbonyl (C=O) groups is 1. The first-order valence-corrected chi connectivity index (χ1v) is 12.1. The average Bonchev–Trinajstić information content (AvgIpc) is 3.04. The Morgan fingerprint density at radius 1 is 1.10 bits per heavy atom. The van der Waals surface area contributed by atoms with E-state index in [1.807, 2.05) is 42.5 Å². The molecule has 1 amide bonds. The van der Waals surface area contributed by atoms with Crippen LogP contribution < -0.4 is 5.32 Å². The van der Waals surface area contributed by atoms with E-state index in [1.165, 1.54) is 34.4 Å². The highest BCUT2D eigenvalue weighted by Gasteiger charge is 2.31. The first-order chi connectivity index (χ1) is 14.9. The molecule has 5 heteroatoms. The minimum atomic E-state index is -0.0692. The molecule has 0 saturated carbocycles. The van der Waals surface area contributed by atoms with Gasteiger partial charge in [0.05, 0.1) is 6.04 Å². The number of piperidine rings is 1. The summed E-state index contributed by atoms with van der Waals surface area (Å²) < 4.78 is 0. The highest BCUT2D eigenvalue weighted by Crippen LogP contribution is 2.43. The Hall–Kier alpha value is -2.14. The number of carbonyl (C=O) groups excluding carboxylic acids is 1. The van der Waals surface area contributed by atoms with Crippen molar-refractivity contribution >= 4 is 33.8 Å². The third-order valence-corrected chi connectivity index (χ3v) is 7.69. The maximum atomic E-state index is 13.0. The molecule has 3 nitrogen and oxygen atoms in total. The van der Waals surface area contributed by atoms with E-state index in [2.05, 4.69) is 43.1 Å². The molecular formula is C26H29ClN2OS. The molecule has 4 rings (SSSR count). The number of benzene rings is 2. The fraction of sp³-hybridized carbons (Fsp3) is 0.346.